The maximum absolute atomic E-state index is 10.4. The molecule has 0 atom stereocenters. The molecule has 14 heavy (non-hydrogen) atoms. The third kappa shape index (κ3) is 1.58. The van der Waals surface area contributed by atoms with Gasteiger partial charge in [-0.15, -0.1) is 0 Å². The van der Waals surface area contributed by atoms with Crippen molar-refractivity contribution in [1.82, 2.24) is 4.98 Å². The Morgan fingerprint density at radius 3 is 2.79 bits per heavy atom. The summed E-state index contributed by atoms with van der Waals surface area (Å²) in [6.45, 7) is 0. The van der Waals surface area contributed by atoms with Crippen molar-refractivity contribution < 1.29 is 4.92 Å². The molecule has 70 valence electrons. The molecule has 1 heterocycles. The SMILES string of the molecule is O=[N+]([O-])c1ccc2cc(Br)ccc2n1. The minimum Gasteiger partial charge on any atom is -0.358 e. The summed E-state index contributed by atoms with van der Waals surface area (Å²) >= 11 is 3.32. The Morgan fingerprint density at radius 2 is 2.07 bits per heavy atom. The van der Waals surface area contributed by atoms with Gasteiger partial charge in [-0.2, -0.15) is 0 Å². The number of hydrogen-bond acceptors (Lipinski definition) is 3. The van der Waals surface area contributed by atoms with Crippen molar-refractivity contribution in [1.29, 1.82) is 0 Å². The maximum atomic E-state index is 10.4. The van der Waals surface area contributed by atoms with E-state index >= 15 is 0 Å². The first-order valence-electron chi connectivity index (χ1n) is 3.87. The Bertz CT molecular complexity index is 513. The molecule has 0 amide bonds. The highest BCUT2D eigenvalue weighted by Gasteiger charge is 2.08. The van der Waals surface area contributed by atoms with Gasteiger partial charge in [-0.3, -0.25) is 0 Å². The van der Waals surface area contributed by atoms with Gasteiger partial charge in [0, 0.05) is 15.9 Å². The monoisotopic (exact) mass is 252 g/mol. The van der Waals surface area contributed by atoms with Gasteiger partial charge >= 0.3 is 5.82 Å². The van der Waals surface area contributed by atoms with Crippen LogP contribution in [0.15, 0.2) is 34.8 Å². The predicted molar refractivity (Wildman–Crippen MR) is 56.1 cm³/mol. The van der Waals surface area contributed by atoms with Crippen LogP contribution in [0, 0.1) is 10.1 Å². The summed E-state index contributed by atoms with van der Waals surface area (Å²) in [4.78, 5) is 13.8. The van der Waals surface area contributed by atoms with Crippen molar-refractivity contribution >= 4 is 32.7 Å². The first-order chi connectivity index (χ1) is 6.66. The molecule has 2 rings (SSSR count). The van der Waals surface area contributed by atoms with E-state index in [0.29, 0.717) is 5.52 Å². The first kappa shape index (κ1) is 9.08. The van der Waals surface area contributed by atoms with Crippen molar-refractivity contribution in [3.63, 3.8) is 0 Å². The van der Waals surface area contributed by atoms with E-state index in [1.807, 2.05) is 6.07 Å². The molecule has 0 bridgehead atoms. The van der Waals surface area contributed by atoms with Crippen LogP contribution in [0.25, 0.3) is 10.9 Å². The van der Waals surface area contributed by atoms with E-state index in [2.05, 4.69) is 20.9 Å². The first-order valence-corrected chi connectivity index (χ1v) is 4.67. The minimum atomic E-state index is -0.499. The highest BCUT2D eigenvalue weighted by atomic mass is 79.9. The highest BCUT2D eigenvalue weighted by Crippen LogP contribution is 2.20. The summed E-state index contributed by atoms with van der Waals surface area (Å²) in [5.74, 6) is -0.125. The number of aromatic nitrogens is 1. The number of nitrogens with zero attached hydrogens (tertiary/aromatic N) is 2. The number of pyridine rings is 1. The number of benzene rings is 1. The Morgan fingerprint density at radius 1 is 1.29 bits per heavy atom. The van der Waals surface area contributed by atoms with E-state index in [1.54, 1.807) is 18.2 Å². The third-order valence-corrected chi connectivity index (χ3v) is 2.32. The minimum absolute atomic E-state index is 0.125. The van der Waals surface area contributed by atoms with E-state index in [-0.39, 0.29) is 5.82 Å². The van der Waals surface area contributed by atoms with Gasteiger partial charge in [-0.05, 0) is 34.2 Å². The van der Waals surface area contributed by atoms with Crippen LogP contribution in [-0.2, 0) is 0 Å². The van der Waals surface area contributed by atoms with Gasteiger partial charge in [-0.1, -0.05) is 15.9 Å². The average Bonchev–Trinajstić information content (AvgIpc) is 2.16. The molecule has 2 aromatic rings. The van der Waals surface area contributed by atoms with Gasteiger partial charge in [-0.25, -0.2) is 0 Å². The fourth-order valence-electron chi connectivity index (χ4n) is 1.19. The van der Waals surface area contributed by atoms with Crippen LogP contribution in [0.5, 0.6) is 0 Å². The van der Waals surface area contributed by atoms with Gasteiger partial charge < -0.3 is 10.1 Å². The van der Waals surface area contributed by atoms with Crippen molar-refractivity contribution in [3.8, 4) is 0 Å². The van der Waals surface area contributed by atoms with E-state index in [0.717, 1.165) is 9.86 Å². The summed E-state index contributed by atoms with van der Waals surface area (Å²) in [7, 11) is 0. The van der Waals surface area contributed by atoms with Crippen LogP contribution in [0.3, 0.4) is 0 Å². The lowest BCUT2D eigenvalue weighted by Gasteiger charge is -1.95. The van der Waals surface area contributed by atoms with Gasteiger partial charge in [0.15, 0.2) is 5.52 Å². The molecule has 0 aliphatic carbocycles. The fraction of sp³-hybridized carbons (Fsp3) is 0. The van der Waals surface area contributed by atoms with Crippen molar-refractivity contribution in [2.75, 3.05) is 0 Å². The standard InChI is InChI=1S/C9H5BrN2O2/c10-7-2-3-8-6(5-7)1-4-9(11-8)12(13)14/h1-5H. The van der Waals surface area contributed by atoms with E-state index in [4.69, 9.17) is 0 Å². The summed E-state index contributed by atoms with van der Waals surface area (Å²) in [6, 6.07) is 8.50. The van der Waals surface area contributed by atoms with Crippen LogP contribution >= 0.6 is 15.9 Å². The topological polar surface area (TPSA) is 56.0 Å². The fourth-order valence-corrected chi connectivity index (χ4v) is 1.57. The highest BCUT2D eigenvalue weighted by molar-refractivity contribution is 9.10. The molecule has 0 saturated carbocycles. The molecule has 1 aromatic heterocycles. The number of nitro groups is 1. The summed E-state index contributed by atoms with van der Waals surface area (Å²) in [5, 5.41) is 11.3. The Balaban J connectivity index is 2.67. The number of halogens is 1. The Kier molecular flexibility index (Phi) is 2.17. The van der Waals surface area contributed by atoms with Gasteiger partial charge in [0.1, 0.15) is 0 Å². The molecule has 0 N–H and O–H groups in total. The predicted octanol–water partition coefficient (Wildman–Crippen LogP) is 2.91. The zero-order chi connectivity index (χ0) is 10.1. The second-order valence-electron chi connectivity index (χ2n) is 2.76. The lowest BCUT2D eigenvalue weighted by atomic mass is 10.2. The molecule has 5 heteroatoms. The largest absolute Gasteiger partial charge is 0.364 e. The molecule has 0 saturated heterocycles. The summed E-state index contributed by atoms with van der Waals surface area (Å²) < 4.78 is 0.931. The molecular weight excluding hydrogens is 248 g/mol. The molecular formula is C9H5BrN2O2. The van der Waals surface area contributed by atoms with Crippen LogP contribution in [0.2, 0.25) is 0 Å². The number of hydrogen-bond donors (Lipinski definition) is 0. The number of rotatable bonds is 1. The summed E-state index contributed by atoms with van der Waals surface area (Å²) in [6.07, 6.45) is 0. The van der Waals surface area contributed by atoms with E-state index < -0.39 is 4.92 Å². The molecule has 1 aromatic carbocycles. The molecule has 0 aliphatic heterocycles. The van der Waals surface area contributed by atoms with Crippen LogP contribution < -0.4 is 0 Å². The second-order valence-corrected chi connectivity index (χ2v) is 3.68. The van der Waals surface area contributed by atoms with Crippen LogP contribution in [0.4, 0.5) is 5.82 Å². The van der Waals surface area contributed by atoms with Gasteiger partial charge in [0.2, 0.25) is 0 Å². The van der Waals surface area contributed by atoms with Gasteiger partial charge in [0.05, 0.1) is 0 Å². The molecule has 0 spiro atoms. The summed E-state index contributed by atoms with van der Waals surface area (Å²) in [5.41, 5.74) is 0.627. The van der Waals surface area contributed by atoms with Gasteiger partial charge in [0.25, 0.3) is 0 Å². The number of fused-ring (bicyclic) bond motifs is 1. The third-order valence-electron chi connectivity index (χ3n) is 1.82. The molecule has 4 nitrogen and oxygen atoms in total. The zero-order valence-corrected chi connectivity index (χ0v) is 8.56. The van der Waals surface area contributed by atoms with Crippen LogP contribution in [-0.4, -0.2) is 9.91 Å². The molecule has 0 aliphatic rings. The van der Waals surface area contributed by atoms with E-state index in [1.165, 1.54) is 6.07 Å². The Labute approximate surface area is 87.9 Å². The zero-order valence-electron chi connectivity index (χ0n) is 6.98. The average molecular weight is 253 g/mol. The lowest BCUT2D eigenvalue weighted by Crippen LogP contribution is -1.91. The van der Waals surface area contributed by atoms with Crippen molar-refractivity contribution in [2.45, 2.75) is 0 Å². The second kappa shape index (κ2) is 3.34. The lowest BCUT2D eigenvalue weighted by molar-refractivity contribution is -0.389. The molecule has 0 radical (unpaired) electrons. The van der Waals surface area contributed by atoms with E-state index in [9.17, 15) is 10.1 Å². The van der Waals surface area contributed by atoms with Crippen molar-refractivity contribution in [2.24, 2.45) is 0 Å². The molecule has 0 unspecified atom stereocenters. The van der Waals surface area contributed by atoms with Crippen LogP contribution in [0.1, 0.15) is 0 Å². The normalized spacial score (nSPS) is 10.4. The molecule has 0 fully saturated rings. The maximum Gasteiger partial charge on any atom is 0.364 e. The van der Waals surface area contributed by atoms with Crippen molar-refractivity contribution in [3.05, 3.63) is 44.9 Å². The quantitative estimate of drug-likeness (QED) is 0.579. The smallest absolute Gasteiger partial charge is 0.358 e. The Hall–Kier alpha value is -1.49.